The first-order valence-electron chi connectivity index (χ1n) is 7.83. The molecular formula is C15H30N2O. The lowest BCUT2D eigenvalue weighted by Crippen LogP contribution is -2.35. The fraction of sp³-hybridized carbons (Fsp3) is 1.00. The zero-order valence-electron chi connectivity index (χ0n) is 12.2. The largest absolute Gasteiger partial charge is 0.377 e. The first-order valence-corrected chi connectivity index (χ1v) is 7.83. The molecule has 18 heavy (non-hydrogen) atoms. The van der Waals surface area contributed by atoms with E-state index in [1.54, 1.807) is 0 Å². The summed E-state index contributed by atoms with van der Waals surface area (Å²) in [6.07, 6.45) is 6.93. The Bertz CT molecular complexity index is 235. The molecule has 2 aliphatic rings. The first kappa shape index (κ1) is 14.3. The summed E-state index contributed by atoms with van der Waals surface area (Å²) in [7, 11) is 0. The molecule has 0 saturated carbocycles. The molecule has 1 N–H and O–H groups in total. The van der Waals surface area contributed by atoms with Gasteiger partial charge in [0.2, 0.25) is 0 Å². The lowest BCUT2D eigenvalue weighted by molar-refractivity contribution is 0.0215. The van der Waals surface area contributed by atoms with Gasteiger partial charge in [-0.2, -0.15) is 0 Å². The van der Waals surface area contributed by atoms with Crippen LogP contribution < -0.4 is 5.32 Å². The minimum Gasteiger partial charge on any atom is -0.377 e. The van der Waals surface area contributed by atoms with Crippen LogP contribution in [0.5, 0.6) is 0 Å². The second-order valence-electron chi connectivity index (χ2n) is 6.05. The standard InChI is InChI=1S/C15H30N2O/c1-3-15(4-2)7-10-17(13-15)11-12-18-14-5-8-16-9-6-14/h14,16H,3-13H2,1-2H3. The molecule has 0 aromatic heterocycles. The molecule has 0 unspecified atom stereocenters. The predicted molar refractivity (Wildman–Crippen MR) is 75.9 cm³/mol. The van der Waals surface area contributed by atoms with E-state index in [0.717, 1.165) is 26.2 Å². The van der Waals surface area contributed by atoms with E-state index in [0.29, 0.717) is 11.5 Å². The van der Waals surface area contributed by atoms with Crippen molar-refractivity contribution in [2.24, 2.45) is 5.41 Å². The highest BCUT2D eigenvalue weighted by atomic mass is 16.5. The summed E-state index contributed by atoms with van der Waals surface area (Å²) in [5.41, 5.74) is 0.606. The first-order chi connectivity index (χ1) is 8.78. The van der Waals surface area contributed by atoms with Crippen LogP contribution in [0.4, 0.5) is 0 Å². The Balaban J connectivity index is 1.62. The van der Waals surface area contributed by atoms with Gasteiger partial charge in [0, 0.05) is 13.1 Å². The molecule has 0 bridgehead atoms. The fourth-order valence-electron chi connectivity index (χ4n) is 3.36. The number of hydrogen-bond donors (Lipinski definition) is 1. The Kier molecular flexibility index (Phi) is 5.46. The normalized spacial score (nSPS) is 25.7. The van der Waals surface area contributed by atoms with Gasteiger partial charge in [-0.05, 0) is 57.2 Å². The van der Waals surface area contributed by atoms with Crippen molar-refractivity contribution in [3.8, 4) is 0 Å². The van der Waals surface area contributed by atoms with E-state index in [2.05, 4.69) is 24.1 Å². The van der Waals surface area contributed by atoms with Gasteiger partial charge in [-0.25, -0.2) is 0 Å². The zero-order chi connectivity index (χ0) is 12.8. The third-order valence-corrected chi connectivity index (χ3v) is 5.06. The maximum absolute atomic E-state index is 6.00. The van der Waals surface area contributed by atoms with Gasteiger partial charge >= 0.3 is 0 Å². The maximum atomic E-state index is 6.00. The molecule has 106 valence electrons. The number of ether oxygens (including phenoxy) is 1. The molecule has 2 fully saturated rings. The number of rotatable bonds is 6. The van der Waals surface area contributed by atoms with Gasteiger partial charge in [0.1, 0.15) is 0 Å². The Labute approximate surface area is 112 Å². The highest BCUT2D eigenvalue weighted by Crippen LogP contribution is 2.36. The van der Waals surface area contributed by atoms with Crippen LogP contribution >= 0.6 is 0 Å². The van der Waals surface area contributed by atoms with Gasteiger partial charge in [0.05, 0.1) is 12.7 Å². The minimum absolute atomic E-state index is 0.510. The van der Waals surface area contributed by atoms with Crippen molar-refractivity contribution < 1.29 is 4.74 Å². The smallest absolute Gasteiger partial charge is 0.0600 e. The SMILES string of the molecule is CCC1(CC)CCN(CCOC2CCNCC2)C1. The van der Waals surface area contributed by atoms with Gasteiger partial charge in [-0.3, -0.25) is 0 Å². The number of nitrogens with one attached hydrogen (secondary N) is 1. The van der Waals surface area contributed by atoms with Crippen LogP contribution in [0.15, 0.2) is 0 Å². The van der Waals surface area contributed by atoms with E-state index in [9.17, 15) is 0 Å². The molecule has 0 radical (unpaired) electrons. The van der Waals surface area contributed by atoms with Crippen molar-refractivity contribution in [3.05, 3.63) is 0 Å². The molecule has 0 spiro atoms. The fourth-order valence-corrected chi connectivity index (χ4v) is 3.36. The second kappa shape index (κ2) is 6.88. The summed E-state index contributed by atoms with van der Waals surface area (Å²) in [6, 6.07) is 0. The van der Waals surface area contributed by atoms with Crippen LogP contribution in [-0.4, -0.2) is 50.3 Å². The third-order valence-electron chi connectivity index (χ3n) is 5.06. The van der Waals surface area contributed by atoms with E-state index in [4.69, 9.17) is 4.74 Å². The van der Waals surface area contributed by atoms with E-state index in [1.807, 2.05) is 0 Å². The molecule has 0 aromatic rings. The molecule has 0 atom stereocenters. The Morgan fingerprint density at radius 3 is 2.56 bits per heavy atom. The number of likely N-dealkylation sites (tertiary alicyclic amines) is 1. The average Bonchev–Trinajstić information content (AvgIpc) is 2.84. The maximum Gasteiger partial charge on any atom is 0.0600 e. The number of piperidine rings is 1. The molecule has 2 saturated heterocycles. The van der Waals surface area contributed by atoms with Gasteiger partial charge in [0.15, 0.2) is 0 Å². The molecule has 2 aliphatic heterocycles. The summed E-state index contributed by atoms with van der Waals surface area (Å²) >= 11 is 0. The van der Waals surface area contributed by atoms with Gasteiger partial charge in [0.25, 0.3) is 0 Å². The average molecular weight is 254 g/mol. The minimum atomic E-state index is 0.510. The molecule has 0 aromatic carbocycles. The zero-order valence-corrected chi connectivity index (χ0v) is 12.2. The molecule has 3 heteroatoms. The topological polar surface area (TPSA) is 24.5 Å². The van der Waals surface area contributed by atoms with Crippen LogP contribution in [-0.2, 0) is 4.74 Å². The summed E-state index contributed by atoms with van der Waals surface area (Å²) in [4.78, 5) is 2.61. The Morgan fingerprint density at radius 2 is 1.94 bits per heavy atom. The molecule has 2 heterocycles. The van der Waals surface area contributed by atoms with Gasteiger partial charge < -0.3 is 15.0 Å². The van der Waals surface area contributed by atoms with E-state index in [-0.39, 0.29) is 0 Å². The lowest BCUT2D eigenvalue weighted by Gasteiger charge is -2.27. The van der Waals surface area contributed by atoms with Crippen LogP contribution in [0.1, 0.15) is 46.0 Å². The monoisotopic (exact) mass is 254 g/mol. The van der Waals surface area contributed by atoms with Crippen molar-refractivity contribution in [2.45, 2.75) is 52.1 Å². The van der Waals surface area contributed by atoms with Crippen LogP contribution in [0.25, 0.3) is 0 Å². The summed E-state index contributed by atoms with van der Waals surface area (Å²) in [5, 5.41) is 3.38. The summed E-state index contributed by atoms with van der Waals surface area (Å²) in [5.74, 6) is 0. The molecule has 2 rings (SSSR count). The third kappa shape index (κ3) is 3.69. The van der Waals surface area contributed by atoms with Gasteiger partial charge in [-0.1, -0.05) is 13.8 Å². The Morgan fingerprint density at radius 1 is 1.22 bits per heavy atom. The van der Waals surface area contributed by atoms with E-state index in [1.165, 1.54) is 45.2 Å². The summed E-state index contributed by atoms with van der Waals surface area (Å²) in [6.45, 7) is 11.6. The van der Waals surface area contributed by atoms with Crippen LogP contribution in [0, 0.1) is 5.41 Å². The van der Waals surface area contributed by atoms with E-state index >= 15 is 0 Å². The quantitative estimate of drug-likeness (QED) is 0.787. The Hall–Kier alpha value is -0.120. The van der Waals surface area contributed by atoms with Crippen LogP contribution in [0.2, 0.25) is 0 Å². The lowest BCUT2D eigenvalue weighted by atomic mass is 9.82. The number of nitrogens with zero attached hydrogens (tertiary/aromatic N) is 1. The van der Waals surface area contributed by atoms with Crippen molar-refractivity contribution in [2.75, 3.05) is 39.3 Å². The molecule has 0 aliphatic carbocycles. The summed E-state index contributed by atoms with van der Waals surface area (Å²) < 4.78 is 6.00. The molecule has 3 nitrogen and oxygen atoms in total. The highest BCUT2D eigenvalue weighted by Gasteiger charge is 2.34. The molecular weight excluding hydrogens is 224 g/mol. The number of hydrogen-bond acceptors (Lipinski definition) is 3. The molecule has 0 amide bonds. The van der Waals surface area contributed by atoms with Crippen LogP contribution in [0.3, 0.4) is 0 Å². The van der Waals surface area contributed by atoms with Crippen molar-refractivity contribution in [1.29, 1.82) is 0 Å². The van der Waals surface area contributed by atoms with E-state index < -0.39 is 0 Å². The second-order valence-corrected chi connectivity index (χ2v) is 6.05. The van der Waals surface area contributed by atoms with Crippen molar-refractivity contribution in [3.63, 3.8) is 0 Å². The van der Waals surface area contributed by atoms with Gasteiger partial charge in [-0.15, -0.1) is 0 Å². The highest BCUT2D eigenvalue weighted by molar-refractivity contribution is 4.87. The predicted octanol–water partition coefficient (Wildman–Crippen LogP) is 2.27. The van der Waals surface area contributed by atoms with Crippen molar-refractivity contribution >= 4 is 0 Å². The van der Waals surface area contributed by atoms with Crippen molar-refractivity contribution in [1.82, 2.24) is 10.2 Å².